The van der Waals surface area contributed by atoms with Crippen LogP contribution in [-0.4, -0.2) is 28.9 Å². The van der Waals surface area contributed by atoms with Crippen molar-refractivity contribution in [1.82, 2.24) is 5.32 Å². The molecule has 2 amide bonds. The number of rotatable bonds is 6. The van der Waals surface area contributed by atoms with Crippen LogP contribution in [0.25, 0.3) is 0 Å². The second-order valence-corrected chi connectivity index (χ2v) is 4.85. The molecule has 0 saturated carbocycles. The summed E-state index contributed by atoms with van der Waals surface area (Å²) in [7, 11) is 0. The van der Waals surface area contributed by atoms with Gasteiger partial charge in [-0.25, -0.2) is 9.18 Å². The number of nitrogens with one attached hydrogen (secondary N) is 1. The first-order valence-electron chi connectivity index (χ1n) is 5.58. The number of benzene rings is 1. The largest absolute Gasteiger partial charge is 0.480 e. The van der Waals surface area contributed by atoms with Crippen LogP contribution in [0.4, 0.5) is 4.39 Å². The zero-order valence-corrected chi connectivity index (χ0v) is 11.8. The highest BCUT2D eigenvalue weighted by molar-refractivity contribution is 9.10. The standard InChI is InChI=1S/C12H12BrFN2O4/c13-8-5-6(14)1-2-7(8)11(18)16-9(12(19)20)3-4-10(15)17/h1-2,5,9H,3-4H2,(H2,15,17)(H,16,18)(H,19,20). The Morgan fingerprint density at radius 1 is 1.40 bits per heavy atom. The summed E-state index contributed by atoms with van der Waals surface area (Å²) in [6.07, 6.45) is -0.281. The highest BCUT2D eigenvalue weighted by Crippen LogP contribution is 2.18. The Morgan fingerprint density at radius 3 is 2.55 bits per heavy atom. The molecule has 1 aromatic rings. The zero-order chi connectivity index (χ0) is 15.3. The van der Waals surface area contributed by atoms with Crippen LogP contribution in [0.15, 0.2) is 22.7 Å². The summed E-state index contributed by atoms with van der Waals surface area (Å²) in [6.45, 7) is 0. The number of carbonyl (C=O) groups excluding carboxylic acids is 2. The summed E-state index contributed by atoms with van der Waals surface area (Å²) < 4.78 is 13.1. The summed E-state index contributed by atoms with van der Waals surface area (Å²) in [5.41, 5.74) is 5.02. The SMILES string of the molecule is NC(=O)CCC(NC(=O)c1ccc(F)cc1Br)C(=O)O. The lowest BCUT2D eigenvalue weighted by atomic mass is 10.1. The molecule has 8 heteroatoms. The van der Waals surface area contributed by atoms with Crippen LogP contribution in [0.1, 0.15) is 23.2 Å². The van der Waals surface area contributed by atoms with Gasteiger partial charge in [0.25, 0.3) is 5.91 Å². The second-order valence-electron chi connectivity index (χ2n) is 3.99. The Hall–Kier alpha value is -1.96. The highest BCUT2D eigenvalue weighted by Gasteiger charge is 2.22. The quantitative estimate of drug-likeness (QED) is 0.714. The molecular formula is C12H12BrFN2O4. The van der Waals surface area contributed by atoms with E-state index in [1.165, 1.54) is 6.07 Å². The number of aliphatic carboxylic acids is 1. The van der Waals surface area contributed by atoms with E-state index < -0.39 is 29.6 Å². The van der Waals surface area contributed by atoms with Crippen LogP contribution in [0.3, 0.4) is 0 Å². The Labute approximate surface area is 122 Å². The normalized spacial score (nSPS) is 11.7. The fourth-order valence-electron chi connectivity index (χ4n) is 1.45. The van der Waals surface area contributed by atoms with Gasteiger partial charge in [-0.2, -0.15) is 0 Å². The van der Waals surface area contributed by atoms with E-state index in [1.807, 2.05) is 0 Å². The fourth-order valence-corrected chi connectivity index (χ4v) is 1.98. The van der Waals surface area contributed by atoms with Gasteiger partial charge in [0.05, 0.1) is 5.56 Å². The van der Waals surface area contributed by atoms with Crippen molar-refractivity contribution in [1.29, 1.82) is 0 Å². The second kappa shape index (κ2) is 6.99. The van der Waals surface area contributed by atoms with Gasteiger partial charge in [-0.15, -0.1) is 0 Å². The first kappa shape index (κ1) is 16.1. The smallest absolute Gasteiger partial charge is 0.326 e. The maximum Gasteiger partial charge on any atom is 0.326 e. The molecular weight excluding hydrogens is 335 g/mol. The average Bonchev–Trinajstić information content (AvgIpc) is 2.33. The molecule has 4 N–H and O–H groups in total. The molecule has 108 valence electrons. The van der Waals surface area contributed by atoms with E-state index in [-0.39, 0.29) is 22.9 Å². The topological polar surface area (TPSA) is 109 Å². The van der Waals surface area contributed by atoms with Gasteiger partial charge in [0.1, 0.15) is 11.9 Å². The van der Waals surface area contributed by atoms with E-state index in [9.17, 15) is 18.8 Å². The molecule has 0 aliphatic heterocycles. The summed E-state index contributed by atoms with van der Waals surface area (Å²) in [4.78, 5) is 33.5. The summed E-state index contributed by atoms with van der Waals surface area (Å²) in [6, 6.07) is 2.15. The van der Waals surface area contributed by atoms with E-state index in [2.05, 4.69) is 21.2 Å². The fraction of sp³-hybridized carbons (Fsp3) is 0.250. The molecule has 1 unspecified atom stereocenters. The van der Waals surface area contributed by atoms with Crippen molar-refractivity contribution < 1.29 is 23.9 Å². The zero-order valence-electron chi connectivity index (χ0n) is 10.2. The van der Waals surface area contributed by atoms with Crippen molar-refractivity contribution in [3.63, 3.8) is 0 Å². The minimum Gasteiger partial charge on any atom is -0.480 e. The molecule has 1 atom stereocenters. The van der Waals surface area contributed by atoms with Crippen molar-refractivity contribution >= 4 is 33.7 Å². The summed E-state index contributed by atoms with van der Waals surface area (Å²) >= 11 is 3.01. The molecule has 0 aromatic heterocycles. The van der Waals surface area contributed by atoms with Crippen LogP contribution in [0.5, 0.6) is 0 Å². The van der Waals surface area contributed by atoms with Crippen molar-refractivity contribution in [2.75, 3.05) is 0 Å². The Balaban J connectivity index is 2.80. The number of carboxylic acid groups (broad SMARTS) is 1. The van der Waals surface area contributed by atoms with Crippen LogP contribution >= 0.6 is 15.9 Å². The molecule has 0 radical (unpaired) electrons. The third kappa shape index (κ3) is 4.61. The lowest BCUT2D eigenvalue weighted by molar-refractivity contribution is -0.139. The molecule has 0 aliphatic rings. The number of nitrogens with two attached hydrogens (primary N) is 1. The van der Waals surface area contributed by atoms with E-state index in [0.29, 0.717) is 0 Å². The number of primary amides is 1. The van der Waals surface area contributed by atoms with Crippen molar-refractivity contribution in [3.8, 4) is 0 Å². The van der Waals surface area contributed by atoms with Crippen molar-refractivity contribution in [2.24, 2.45) is 5.73 Å². The number of carboxylic acids is 1. The molecule has 0 heterocycles. The minimum atomic E-state index is -1.28. The molecule has 6 nitrogen and oxygen atoms in total. The maximum absolute atomic E-state index is 12.9. The Kier molecular flexibility index (Phi) is 5.63. The summed E-state index contributed by atoms with van der Waals surface area (Å²) in [5.74, 6) is -3.16. The molecule has 0 fully saturated rings. The number of carbonyl (C=O) groups is 3. The van der Waals surface area contributed by atoms with Gasteiger partial charge in [-0.05, 0) is 40.5 Å². The van der Waals surface area contributed by atoms with E-state index in [4.69, 9.17) is 10.8 Å². The van der Waals surface area contributed by atoms with Crippen LogP contribution in [0, 0.1) is 5.82 Å². The number of hydrogen-bond acceptors (Lipinski definition) is 3. The Morgan fingerprint density at radius 2 is 2.05 bits per heavy atom. The van der Waals surface area contributed by atoms with Gasteiger partial charge in [-0.1, -0.05) is 0 Å². The number of halogens is 2. The van der Waals surface area contributed by atoms with Crippen molar-refractivity contribution in [3.05, 3.63) is 34.1 Å². The molecule has 0 saturated heterocycles. The molecule has 20 heavy (non-hydrogen) atoms. The third-order valence-electron chi connectivity index (χ3n) is 2.46. The van der Waals surface area contributed by atoms with E-state index >= 15 is 0 Å². The van der Waals surface area contributed by atoms with Gasteiger partial charge in [0, 0.05) is 10.9 Å². The van der Waals surface area contributed by atoms with E-state index in [0.717, 1.165) is 12.1 Å². The predicted molar refractivity (Wildman–Crippen MR) is 71.4 cm³/mol. The lowest BCUT2D eigenvalue weighted by Gasteiger charge is -2.14. The first-order chi connectivity index (χ1) is 9.31. The van der Waals surface area contributed by atoms with Crippen LogP contribution in [0.2, 0.25) is 0 Å². The lowest BCUT2D eigenvalue weighted by Crippen LogP contribution is -2.41. The monoisotopic (exact) mass is 346 g/mol. The van der Waals surface area contributed by atoms with Gasteiger partial charge < -0.3 is 16.2 Å². The molecule has 1 aromatic carbocycles. The van der Waals surface area contributed by atoms with Gasteiger partial charge in [0.2, 0.25) is 5.91 Å². The minimum absolute atomic E-state index is 0.0942. The number of hydrogen-bond donors (Lipinski definition) is 3. The van der Waals surface area contributed by atoms with Gasteiger partial charge in [-0.3, -0.25) is 9.59 Å². The van der Waals surface area contributed by atoms with Crippen LogP contribution < -0.4 is 11.1 Å². The number of amides is 2. The average molecular weight is 347 g/mol. The van der Waals surface area contributed by atoms with Gasteiger partial charge in [0.15, 0.2) is 0 Å². The first-order valence-corrected chi connectivity index (χ1v) is 6.37. The summed E-state index contributed by atoms with van der Waals surface area (Å²) in [5, 5.41) is 11.2. The predicted octanol–water partition coefficient (Wildman–Crippen LogP) is 1.04. The van der Waals surface area contributed by atoms with E-state index in [1.54, 1.807) is 0 Å². The molecule has 0 aliphatic carbocycles. The molecule has 1 rings (SSSR count). The third-order valence-corrected chi connectivity index (χ3v) is 3.11. The Bertz CT molecular complexity index is 550. The van der Waals surface area contributed by atoms with Gasteiger partial charge >= 0.3 is 5.97 Å². The van der Waals surface area contributed by atoms with Crippen molar-refractivity contribution in [2.45, 2.75) is 18.9 Å². The maximum atomic E-state index is 12.9. The highest BCUT2D eigenvalue weighted by atomic mass is 79.9. The molecule has 0 bridgehead atoms. The molecule has 0 spiro atoms. The van der Waals surface area contributed by atoms with Crippen LogP contribution in [-0.2, 0) is 9.59 Å².